The third-order valence-corrected chi connectivity index (χ3v) is 15.4. The summed E-state index contributed by atoms with van der Waals surface area (Å²) in [4.78, 5) is 54.9. The number of carboxylic acid groups (broad SMARTS) is 1. The van der Waals surface area contributed by atoms with E-state index in [-0.39, 0.29) is 55.3 Å². The lowest BCUT2D eigenvalue weighted by molar-refractivity contribution is -0.150. The number of rotatable bonds is 17. The number of aryl methyl sites for hydroxylation is 1. The maximum Gasteiger partial charge on any atom is 0.435 e. The van der Waals surface area contributed by atoms with Gasteiger partial charge in [0, 0.05) is 54.2 Å². The molecule has 3 heterocycles. The highest BCUT2D eigenvalue weighted by Crippen LogP contribution is 2.46. The van der Waals surface area contributed by atoms with Crippen LogP contribution in [0.4, 0.5) is 54.5 Å². The van der Waals surface area contributed by atoms with Crippen LogP contribution in [-0.4, -0.2) is 107 Å². The SMILES string of the molecule is CC(C)(CCc1ccc(-c2ccc(Cl)c3c(N(C(=O)NCCNC(=O)C(=O)O)S(C)(=O)=O)nn(CC(F)(F)F)c23)c([C@H](Cc2cc(F)cc(F)c2)NC(=O)Cn2nc(C(F)(F)F)c3c2C(F)(F)CCC3)n1)S(C)(=O)=O. The van der Waals surface area contributed by atoms with Gasteiger partial charge in [0.2, 0.25) is 15.9 Å². The highest BCUT2D eigenvalue weighted by Gasteiger charge is 2.48. The summed E-state index contributed by atoms with van der Waals surface area (Å²) in [5, 5.41) is 21.3. The van der Waals surface area contributed by atoms with Crippen molar-refractivity contribution < 1.29 is 85.0 Å². The molecule has 2 aromatic carbocycles. The Balaban J connectivity index is 1.60. The number of anilines is 1. The van der Waals surface area contributed by atoms with Gasteiger partial charge in [-0.25, -0.2) is 35.2 Å². The van der Waals surface area contributed by atoms with Crippen LogP contribution in [-0.2, 0) is 78.7 Å². The monoisotopic (exact) mass is 1130 g/mol. The Labute approximate surface area is 424 Å². The fraction of sp³-hybridized carbons (Fsp3) is 0.432. The number of carboxylic acids is 1. The number of halogens is 11. The molecule has 0 radical (unpaired) electrons. The van der Waals surface area contributed by atoms with E-state index in [0.717, 1.165) is 30.5 Å². The number of carbonyl (C=O) groups excluding carboxylic acids is 3. The van der Waals surface area contributed by atoms with Crippen molar-refractivity contribution in [2.24, 2.45) is 0 Å². The van der Waals surface area contributed by atoms with Gasteiger partial charge in [0.25, 0.3) is 5.92 Å². The Bertz CT molecular complexity index is 3290. The summed E-state index contributed by atoms with van der Waals surface area (Å²) in [6, 6.07) is 3.31. The smallest absolute Gasteiger partial charge is 0.435 e. The van der Waals surface area contributed by atoms with Crippen LogP contribution >= 0.6 is 11.6 Å². The molecule has 0 bridgehead atoms. The van der Waals surface area contributed by atoms with Gasteiger partial charge in [0.05, 0.1) is 38.7 Å². The van der Waals surface area contributed by atoms with Crippen LogP contribution in [0.25, 0.3) is 22.0 Å². The lowest BCUT2D eigenvalue weighted by Crippen LogP contribution is -2.46. The van der Waals surface area contributed by atoms with E-state index in [1.165, 1.54) is 26.0 Å². The van der Waals surface area contributed by atoms with Gasteiger partial charge in [-0.1, -0.05) is 23.7 Å². The number of sulfonamides is 1. The Morgan fingerprint density at radius 3 is 2.11 bits per heavy atom. The van der Waals surface area contributed by atoms with Crippen molar-refractivity contribution in [3.63, 3.8) is 0 Å². The molecule has 75 heavy (non-hydrogen) atoms. The lowest BCUT2D eigenvalue weighted by Gasteiger charge is -2.26. The predicted octanol–water partition coefficient (Wildman–Crippen LogP) is 6.77. The van der Waals surface area contributed by atoms with Crippen molar-refractivity contribution in [1.29, 1.82) is 0 Å². The van der Waals surface area contributed by atoms with E-state index in [1.54, 1.807) is 0 Å². The van der Waals surface area contributed by atoms with E-state index in [9.17, 15) is 71.1 Å². The molecule has 1 aliphatic rings. The second kappa shape index (κ2) is 21.2. The minimum Gasteiger partial charge on any atom is -0.474 e. The number of benzene rings is 2. The maximum absolute atomic E-state index is 15.4. The van der Waals surface area contributed by atoms with Gasteiger partial charge in [-0.3, -0.25) is 23.9 Å². The normalized spacial score (nSPS) is 14.5. The minimum absolute atomic E-state index is 0.0138. The van der Waals surface area contributed by atoms with Crippen LogP contribution in [0.15, 0.2) is 42.5 Å². The molecule has 4 N–H and O–H groups in total. The summed E-state index contributed by atoms with van der Waals surface area (Å²) in [5.74, 6) is -12.0. The standard InChI is InChI=1S/C44H44ClF10N9O9S2/c1-41(2,74(3,70)71)13-11-25-7-8-26(27-9-10-29(45)32-34(27)63(21-43(50,51)52)61-37(32)64(75(4,72)73)40(69)57-15-14-56-38(66)39(67)68)33(58-25)30(18-22-16-23(46)19-24(47)17-22)59-31(65)20-62-36-28(6-5-12-42(36,48)49)35(60-62)44(53,54)55/h7-10,16-17,19,30H,5-6,11-15,18,20-21H2,1-4H3,(H,56,66)(H,57,69)(H,59,65)(H,67,68)/t30-/m0/s1. The average Bonchev–Trinajstić information content (AvgIpc) is 3.82. The van der Waals surface area contributed by atoms with Gasteiger partial charge in [0.1, 0.15) is 30.4 Å². The van der Waals surface area contributed by atoms with Gasteiger partial charge in [-0.05, 0) is 75.8 Å². The van der Waals surface area contributed by atoms with Crippen molar-refractivity contribution in [2.75, 3.05) is 29.9 Å². The number of nitrogens with zero attached hydrogens (tertiary/aromatic N) is 6. The molecular formula is C44H44ClF10N9O9S2. The fourth-order valence-corrected chi connectivity index (χ4v) is 9.73. The molecule has 0 saturated heterocycles. The largest absolute Gasteiger partial charge is 0.474 e. The minimum atomic E-state index is -5.25. The van der Waals surface area contributed by atoms with Crippen LogP contribution in [0.3, 0.4) is 0 Å². The van der Waals surface area contributed by atoms with E-state index in [1.807, 2.05) is 5.32 Å². The third kappa shape index (κ3) is 13.3. The zero-order valence-corrected chi connectivity index (χ0v) is 41.9. The first-order valence-corrected chi connectivity index (χ1v) is 26.1. The number of hydrogen-bond donors (Lipinski definition) is 4. The zero-order valence-electron chi connectivity index (χ0n) is 39.6. The topological polar surface area (TPSA) is 245 Å². The van der Waals surface area contributed by atoms with Gasteiger partial charge in [0.15, 0.2) is 21.3 Å². The molecule has 4 amide bonds. The van der Waals surface area contributed by atoms with Gasteiger partial charge >= 0.3 is 30.3 Å². The van der Waals surface area contributed by atoms with Gasteiger partial charge in [-0.15, -0.1) is 0 Å². The number of pyridine rings is 1. The molecule has 0 fully saturated rings. The van der Waals surface area contributed by atoms with Crippen molar-refractivity contribution in [2.45, 2.75) is 94.5 Å². The molecule has 0 saturated carbocycles. The fourth-order valence-electron chi connectivity index (χ4n) is 8.22. The van der Waals surface area contributed by atoms with E-state index in [2.05, 4.69) is 25.8 Å². The van der Waals surface area contributed by atoms with Gasteiger partial charge < -0.3 is 21.1 Å². The van der Waals surface area contributed by atoms with Crippen LogP contribution < -0.4 is 20.3 Å². The van der Waals surface area contributed by atoms with Crippen LogP contribution in [0.2, 0.25) is 5.02 Å². The first-order valence-electron chi connectivity index (χ1n) is 22.0. The molecule has 408 valence electrons. The first kappa shape index (κ1) is 57.7. The molecule has 31 heteroatoms. The summed E-state index contributed by atoms with van der Waals surface area (Å²) in [5.41, 5.74) is -5.75. The van der Waals surface area contributed by atoms with Crippen LogP contribution in [0.5, 0.6) is 0 Å². The molecule has 18 nitrogen and oxygen atoms in total. The number of fused-ring (bicyclic) bond motifs is 2. The van der Waals surface area contributed by atoms with E-state index in [0.29, 0.717) is 12.3 Å². The second-order valence-corrected chi connectivity index (χ2v) is 22.9. The number of urea groups is 1. The molecule has 3 aromatic heterocycles. The van der Waals surface area contributed by atoms with E-state index in [4.69, 9.17) is 16.7 Å². The summed E-state index contributed by atoms with van der Waals surface area (Å²) in [6.45, 7) is -1.82. The molecule has 0 unspecified atom stereocenters. The second-order valence-electron chi connectivity index (χ2n) is 18.0. The van der Waals surface area contributed by atoms with E-state index >= 15 is 8.78 Å². The summed E-state index contributed by atoms with van der Waals surface area (Å²) >= 11 is 6.61. The zero-order chi connectivity index (χ0) is 56.0. The van der Waals surface area contributed by atoms with Crippen LogP contribution in [0.1, 0.15) is 73.1 Å². The summed E-state index contributed by atoms with van der Waals surface area (Å²) < 4.78 is 198. The van der Waals surface area contributed by atoms with E-state index < -0.39 is 174 Å². The summed E-state index contributed by atoms with van der Waals surface area (Å²) in [6.07, 6.45) is -11.8. The molecular weight excluding hydrogens is 1090 g/mol. The van der Waals surface area contributed by atoms with Crippen LogP contribution in [0, 0.1) is 11.6 Å². The molecule has 1 aliphatic carbocycles. The van der Waals surface area contributed by atoms with Crippen molar-refractivity contribution in [3.05, 3.63) is 93.0 Å². The maximum atomic E-state index is 15.4. The number of sulfone groups is 1. The van der Waals surface area contributed by atoms with Crippen molar-refractivity contribution >= 4 is 72.0 Å². The Hall–Kier alpha value is -6.56. The quantitative estimate of drug-likeness (QED) is 0.0428. The Morgan fingerprint density at radius 1 is 0.893 bits per heavy atom. The molecule has 6 rings (SSSR count). The molecule has 1 atom stereocenters. The highest BCUT2D eigenvalue weighted by molar-refractivity contribution is 7.93. The van der Waals surface area contributed by atoms with Gasteiger partial charge in [-0.2, -0.15) is 49.6 Å². The number of alkyl halides is 8. The lowest BCUT2D eigenvalue weighted by atomic mass is 9.92. The molecule has 0 aliphatic heterocycles. The predicted molar refractivity (Wildman–Crippen MR) is 248 cm³/mol. The Kier molecular flexibility index (Phi) is 16.3. The third-order valence-electron chi connectivity index (χ3n) is 11.9. The number of hydrogen-bond acceptors (Lipinski definition) is 11. The van der Waals surface area contributed by atoms with Crippen molar-refractivity contribution in [3.8, 4) is 11.1 Å². The number of aliphatic carboxylic acids is 1. The molecule has 5 aromatic rings. The van der Waals surface area contributed by atoms with Crippen molar-refractivity contribution in [1.82, 2.24) is 40.5 Å². The first-order chi connectivity index (χ1) is 34.5. The number of carbonyl (C=O) groups is 4. The Morgan fingerprint density at radius 2 is 1.52 bits per heavy atom. The number of amides is 4. The number of nitrogens with one attached hydrogen (secondary N) is 3. The molecule has 0 spiro atoms. The highest BCUT2D eigenvalue weighted by atomic mass is 35.5. The average molecular weight is 1130 g/mol. The summed E-state index contributed by atoms with van der Waals surface area (Å²) in [7, 11) is -8.68. The number of aromatic nitrogens is 5.